The predicted molar refractivity (Wildman–Crippen MR) is 177 cm³/mol. The number of hydrogen-bond acceptors (Lipinski definition) is 8. The third-order valence-electron chi connectivity index (χ3n) is 7.45. The van der Waals surface area contributed by atoms with Crippen LogP contribution in [0.4, 0.5) is 5.69 Å². The number of nitrogens with zero attached hydrogens (tertiary/aromatic N) is 2. The first-order valence-electron chi connectivity index (χ1n) is 14.4. The molecule has 15 heteroatoms. The molecular formula is C31H31Cl2N2NaO7S2Te. The summed E-state index contributed by atoms with van der Waals surface area (Å²) in [4.78, 5) is 2.02. The van der Waals surface area contributed by atoms with Gasteiger partial charge in [0.05, 0.1) is 0 Å². The third kappa shape index (κ3) is 9.73. The topological polar surface area (TPSA) is 131 Å². The average molecular weight is 829 g/mol. The van der Waals surface area contributed by atoms with Crippen LogP contribution in [-0.4, -0.2) is 64.4 Å². The molecule has 0 aliphatic carbocycles. The van der Waals surface area contributed by atoms with Gasteiger partial charge < -0.3 is 0 Å². The van der Waals surface area contributed by atoms with E-state index in [1.807, 2.05) is 60.4 Å². The molecule has 0 amide bonds. The van der Waals surface area contributed by atoms with E-state index in [1.54, 1.807) is 0 Å². The first-order valence-corrected chi connectivity index (χ1v) is 20.6. The van der Waals surface area contributed by atoms with Crippen molar-refractivity contribution in [2.75, 3.05) is 23.0 Å². The van der Waals surface area contributed by atoms with Gasteiger partial charge in [0.1, 0.15) is 0 Å². The van der Waals surface area contributed by atoms with E-state index < -0.39 is 52.2 Å². The van der Waals surface area contributed by atoms with Gasteiger partial charge in [-0.25, -0.2) is 0 Å². The van der Waals surface area contributed by atoms with Gasteiger partial charge in [0, 0.05) is 0 Å². The molecule has 0 N–H and O–H groups in total. The van der Waals surface area contributed by atoms with Crippen molar-refractivity contribution in [3.8, 4) is 5.75 Å². The Balaban J connectivity index is 0.00000480. The molecule has 0 atom stereocenters. The summed E-state index contributed by atoms with van der Waals surface area (Å²) in [6.45, 7) is 3.03. The molecule has 9 nitrogen and oxygen atoms in total. The van der Waals surface area contributed by atoms with Crippen molar-refractivity contribution in [3.63, 3.8) is 0 Å². The first kappa shape index (κ1) is 37.7. The third-order valence-corrected chi connectivity index (χ3v) is 12.9. The number of halogens is 2. The fourth-order valence-corrected chi connectivity index (χ4v) is 10.2. The maximum Gasteiger partial charge on any atom is 1.00 e. The zero-order chi connectivity index (χ0) is 32.4. The van der Waals surface area contributed by atoms with Crippen LogP contribution in [0.1, 0.15) is 42.7 Å². The van der Waals surface area contributed by atoms with Gasteiger partial charge in [0.25, 0.3) is 0 Å². The van der Waals surface area contributed by atoms with E-state index in [2.05, 4.69) is 16.7 Å². The summed E-state index contributed by atoms with van der Waals surface area (Å²) in [5, 5.41) is 2.99. The van der Waals surface area contributed by atoms with Crippen LogP contribution in [0.15, 0.2) is 66.1 Å². The van der Waals surface area contributed by atoms with Crippen LogP contribution < -0.4 is 43.8 Å². The maximum absolute atomic E-state index is 11.2. The first-order chi connectivity index (χ1) is 21.3. The molecule has 2 heterocycles. The van der Waals surface area contributed by atoms with Crippen molar-refractivity contribution in [2.45, 2.75) is 45.6 Å². The molecule has 3 aromatic carbocycles. The normalized spacial score (nSPS) is 14.6. The van der Waals surface area contributed by atoms with Crippen LogP contribution in [0.5, 0.6) is 5.75 Å². The Morgan fingerprint density at radius 2 is 1.57 bits per heavy atom. The Bertz CT molecular complexity index is 2030. The van der Waals surface area contributed by atoms with Crippen molar-refractivity contribution in [1.29, 1.82) is 0 Å². The van der Waals surface area contributed by atoms with Crippen molar-refractivity contribution in [1.82, 2.24) is 0 Å². The minimum absolute atomic E-state index is 0. The number of aryl methyl sites for hydroxylation is 1. The van der Waals surface area contributed by atoms with Gasteiger partial charge in [-0.05, 0) is 0 Å². The number of fused-ring (bicyclic) bond motifs is 3. The molecule has 1 aliphatic heterocycles. The summed E-state index contributed by atoms with van der Waals surface area (Å²) < 4.78 is 77.8. The Labute approximate surface area is 311 Å². The second-order valence-corrected chi connectivity index (χ2v) is 17.6. The zero-order valence-corrected chi connectivity index (χ0v) is 32.8. The van der Waals surface area contributed by atoms with E-state index in [1.165, 1.54) is 0 Å². The van der Waals surface area contributed by atoms with E-state index in [0.29, 0.717) is 54.0 Å². The molecular weight excluding hydrogens is 798 g/mol. The van der Waals surface area contributed by atoms with Crippen molar-refractivity contribution in [2.24, 2.45) is 0 Å². The minimum atomic E-state index is -4.30. The smallest absolute Gasteiger partial charge is 1.00 e. The SMILES string of the molecule is CCC(/C=C1\Oc2cc3ccccc3cc2N1CCCCS(=O)(=O)[O-])=C\c1[te]c2cc(Cl)c(Cl)cc2[n+]1CCCCS(=O)(=O)[O-].[Na+]. The molecule has 240 valence electrons. The molecule has 0 unspecified atom stereocenters. The second kappa shape index (κ2) is 16.0. The quantitative estimate of drug-likeness (QED) is 0.0872. The maximum atomic E-state index is 11.2. The van der Waals surface area contributed by atoms with Gasteiger partial charge in [0.2, 0.25) is 0 Å². The molecule has 0 spiro atoms. The van der Waals surface area contributed by atoms with Crippen molar-refractivity contribution >= 4 is 95.3 Å². The molecule has 1 aromatic heterocycles. The van der Waals surface area contributed by atoms with Crippen LogP contribution >= 0.6 is 23.2 Å². The second-order valence-electron chi connectivity index (χ2n) is 10.7. The van der Waals surface area contributed by atoms with E-state index in [-0.39, 0.29) is 42.4 Å². The standard InChI is InChI=1S/C31H32Cl2N2O7S2Te.Na/c1-2-21(16-31-35(12-6-8-14-44(39,40)41)27-19-24(32)25(33)20-29(27)45-31)15-30-34(11-5-7-13-43(36,37)38)26-17-22-9-3-4-10-23(22)18-28(26)42-30;/h3-4,9-10,15-20H,2,5-8,11-14H2,1H3,(H-,36,37,38,39,40,41);/q;+1/p-1. The van der Waals surface area contributed by atoms with E-state index in [9.17, 15) is 25.9 Å². The molecule has 0 fully saturated rings. The molecule has 5 rings (SSSR count). The van der Waals surface area contributed by atoms with Crippen LogP contribution in [0.3, 0.4) is 0 Å². The zero-order valence-electron chi connectivity index (χ0n) is 25.4. The Kier molecular flexibility index (Phi) is 13.1. The van der Waals surface area contributed by atoms with Gasteiger partial charge >= 0.3 is 314 Å². The molecule has 46 heavy (non-hydrogen) atoms. The minimum Gasteiger partial charge on any atom is 1.00 e. The van der Waals surface area contributed by atoms with Crippen LogP contribution in [0.25, 0.3) is 25.8 Å². The van der Waals surface area contributed by atoms with Gasteiger partial charge in [0.15, 0.2) is 0 Å². The van der Waals surface area contributed by atoms with Crippen LogP contribution in [-0.2, 0) is 26.8 Å². The molecule has 0 radical (unpaired) electrons. The summed E-state index contributed by atoms with van der Waals surface area (Å²) in [5.74, 6) is 0.473. The molecule has 0 bridgehead atoms. The van der Waals surface area contributed by atoms with E-state index in [4.69, 9.17) is 27.9 Å². The summed E-state index contributed by atoms with van der Waals surface area (Å²) in [7, 11) is -8.59. The van der Waals surface area contributed by atoms with Crippen molar-refractivity contribution < 1.29 is 64.8 Å². The van der Waals surface area contributed by atoms with Gasteiger partial charge in [-0.15, -0.1) is 0 Å². The van der Waals surface area contributed by atoms with Gasteiger partial charge in [-0.3, -0.25) is 0 Å². The summed E-state index contributed by atoms with van der Waals surface area (Å²) in [5.41, 5.74) is 2.80. The summed E-state index contributed by atoms with van der Waals surface area (Å²) >= 11 is 11.9. The van der Waals surface area contributed by atoms with Crippen molar-refractivity contribution in [3.05, 3.63) is 79.8 Å². The fraction of sp³-hybridized carbons (Fsp3) is 0.323. The largest absolute Gasteiger partial charge is 1.00 e. The van der Waals surface area contributed by atoms with Crippen LogP contribution in [0.2, 0.25) is 10.0 Å². The number of unbranched alkanes of at least 4 members (excludes halogenated alkanes) is 2. The average Bonchev–Trinajstić information content (AvgIpc) is 3.46. The number of hydrogen-bond donors (Lipinski definition) is 0. The number of benzene rings is 3. The number of rotatable bonds is 13. The number of aromatic nitrogens is 1. The number of anilines is 1. The number of ether oxygens (including phenoxy) is 1. The summed E-state index contributed by atoms with van der Waals surface area (Å²) in [6.07, 6.45) is 6.28. The van der Waals surface area contributed by atoms with E-state index in [0.717, 1.165) is 34.7 Å². The van der Waals surface area contributed by atoms with E-state index >= 15 is 0 Å². The van der Waals surface area contributed by atoms with Crippen LogP contribution in [0, 0.1) is 0 Å². The molecule has 0 saturated heterocycles. The monoisotopic (exact) mass is 830 g/mol. The molecule has 0 saturated carbocycles. The Morgan fingerprint density at radius 3 is 2.22 bits per heavy atom. The Hall–Kier alpha value is -1.14. The number of allylic oxidation sites excluding steroid dienone is 2. The van der Waals surface area contributed by atoms with Gasteiger partial charge in [-0.1, -0.05) is 0 Å². The molecule has 4 aromatic rings. The Morgan fingerprint density at radius 1 is 0.935 bits per heavy atom. The molecule has 1 aliphatic rings. The predicted octanol–water partition coefficient (Wildman–Crippen LogP) is 2.83. The fourth-order valence-electron chi connectivity index (χ4n) is 5.22. The summed E-state index contributed by atoms with van der Waals surface area (Å²) in [6, 6.07) is 15.7. The van der Waals surface area contributed by atoms with Gasteiger partial charge in [-0.2, -0.15) is 0 Å².